The van der Waals surface area contributed by atoms with E-state index in [2.05, 4.69) is 14.0 Å². The molecule has 5 nitrogen and oxygen atoms in total. The van der Waals surface area contributed by atoms with Crippen molar-refractivity contribution in [2.45, 2.75) is 68.9 Å². The van der Waals surface area contributed by atoms with Crippen molar-refractivity contribution in [2.24, 2.45) is 0 Å². The number of morpholine rings is 1. The van der Waals surface area contributed by atoms with Crippen molar-refractivity contribution in [3.05, 3.63) is 35.9 Å². The van der Waals surface area contributed by atoms with Crippen LogP contribution < -0.4 is 0 Å². The Morgan fingerprint density at radius 1 is 1.27 bits per heavy atom. The fourth-order valence-electron chi connectivity index (χ4n) is 5.23. The summed E-state index contributed by atoms with van der Waals surface area (Å²) in [4.78, 5) is 12.7. The van der Waals surface area contributed by atoms with E-state index in [1.807, 2.05) is 30.3 Å². The van der Waals surface area contributed by atoms with Crippen LogP contribution in [0.15, 0.2) is 30.3 Å². The molecule has 142 valence electrons. The first-order valence-corrected chi connectivity index (χ1v) is 9.95. The number of carbonyl (C=O) groups excluding carboxylic acids is 1. The predicted molar refractivity (Wildman–Crippen MR) is 97.6 cm³/mol. The highest BCUT2D eigenvalue weighted by atomic mass is 16.6. The van der Waals surface area contributed by atoms with Crippen molar-refractivity contribution >= 4 is 5.97 Å². The van der Waals surface area contributed by atoms with Crippen LogP contribution in [0.4, 0.5) is 0 Å². The molecule has 2 bridgehead atoms. The van der Waals surface area contributed by atoms with Crippen LogP contribution in [0.3, 0.4) is 0 Å². The smallest absolute Gasteiger partial charge is 0.316 e. The van der Waals surface area contributed by atoms with E-state index in [9.17, 15) is 9.90 Å². The molecule has 0 radical (unpaired) electrons. The maximum absolute atomic E-state index is 12.7. The highest BCUT2D eigenvalue weighted by Gasteiger charge is 2.71. The Kier molecular flexibility index (Phi) is 4.80. The number of fused-ring (bicyclic) bond motifs is 5. The standard InChI is InChI=1S/C21H30NO4/c1-3-4-10-22(2)17-11-15(12-18(22)20-19(17)26-20)25-21(24)16(13-23)14-8-6-5-7-9-14/h5-9,15-20,23H,3-4,10-13H2,1-2H3/q+1/t15?,16-,17?,18?,19-,20?,22?/m1/s1. The van der Waals surface area contributed by atoms with Crippen molar-refractivity contribution in [3.8, 4) is 0 Å². The number of aliphatic hydroxyl groups excluding tert-OH is 1. The Morgan fingerprint density at radius 3 is 2.50 bits per heavy atom. The lowest BCUT2D eigenvalue weighted by Gasteiger charge is -2.48. The van der Waals surface area contributed by atoms with Crippen LogP contribution in [0.2, 0.25) is 0 Å². The van der Waals surface area contributed by atoms with Crippen molar-refractivity contribution in [1.29, 1.82) is 0 Å². The Hall–Kier alpha value is -1.43. The van der Waals surface area contributed by atoms with Crippen molar-refractivity contribution < 1.29 is 23.9 Å². The third-order valence-electron chi connectivity index (χ3n) is 6.79. The van der Waals surface area contributed by atoms with Gasteiger partial charge in [0.05, 0.1) is 20.2 Å². The maximum atomic E-state index is 12.7. The summed E-state index contributed by atoms with van der Waals surface area (Å²) in [6.07, 6.45) is 4.83. The van der Waals surface area contributed by atoms with Gasteiger partial charge in [-0.2, -0.15) is 0 Å². The third-order valence-corrected chi connectivity index (χ3v) is 6.79. The Morgan fingerprint density at radius 2 is 1.92 bits per heavy atom. The van der Waals surface area contributed by atoms with E-state index >= 15 is 0 Å². The van der Waals surface area contributed by atoms with Crippen LogP contribution >= 0.6 is 0 Å². The molecular weight excluding hydrogens is 330 g/mol. The molecule has 5 heteroatoms. The summed E-state index contributed by atoms with van der Waals surface area (Å²) in [5.74, 6) is -0.898. The van der Waals surface area contributed by atoms with Crippen molar-refractivity contribution in [3.63, 3.8) is 0 Å². The van der Waals surface area contributed by atoms with Gasteiger partial charge in [0.25, 0.3) is 0 Å². The highest BCUT2D eigenvalue weighted by Crippen LogP contribution is 2.52. The number of ether oxygens (including phenoxy) is 2. The Balaban J connectivity index is 1.42. The molecule has 26 heavy (non-hydrogen) atoms. The summed E-state index contributed by atoms with van der Waals surface area (Å²) in [5, 5.41) is 9.70. The summed E-state index contributed by atoms with van der Waals surface area (Å²) in [6, 6.07) is 10.3. The second kappa shape index (κ2) is 6.95. The van der Waals surface area contributed by atoms with Crippen LogP contribution in [0.5, 0.6) is 0 Å². The minimum absolute atomic E-state index is 0.0560. The zero-order valence-electron chi connectivity index (χ0n) is 15.7. The van der Waals surface area contributed by atoms with Crippen LogP contribution in [0, 0.1) is 0 Å². The predicted octanol–water partition coefficient (Wildman–Crippen LogP) is 2.23. The number of esters is 1. The monoisotopic (exact) mass is 360 g/mol. The summed E-state index contributed by atoms with van der Waals surface area (Å²) in [6.45, 7) is 3.20. The number of benzene rings is 1. The van der Waals surface area contributed by atoms with Crippen LogP contribution in [0.1, 0.15) is 44.1 Å². The minimum Gasteiger partial charge on any atom is -0.461 e. The summed E-state index contributed by atoms with van der Waals surface area (Å²) >= 11 is 0. The molecule has 1 N–H and O–H groups in total. The molecule has 0 spiro atoms. The number of likely N-dealkylation sites (N-methyl/N-ethyl adjacent to an activating group) is 1. The highest BCUT2D eigenvalue weighted by molar-refractivity contribution is 5.78. The van der Waals surface area contributed by atoms with E-state index in [0.717, 1.165) is 22.9 Å². The molecule has 4 rings (SSSR count). The van der Waals surface area contributed by atoms with E-state index in [1.165, 1.54) is 19.4 Å². The molecule has 3 aliphatic rings. The summed E-state index contributed by atoms with van der Waals surface area (Å²) in [5.41, 5.74) is 0.813. The second-order valence-corrected chi connectivity index (χ2v) is 8.30. The van der Waals surface area contributed by atoms with Crippen molar-refractivity contribution in [2.75, 3.05) is 20.2 Å². The molecule has 5 unspecified atom stereocenters. The summed E-state index contributed by atoms with van der Waals surface area (Å²) < 4.78 is 12.9. The molecule has 0 aliphatic carbocycles. The topological polar surface area (TPSA) is 59.1 Å². The number of hydrogen-bond donors (Lipinski definition) is 1. The van der Waals surface area contributed by atoms with Crippen LogP contribution in [-0.4, -0.2) is 66.2 Å². The van der Waals surface area contributed by atoms with Gasteiger partial charge in [0, 0.05) is 12.8 Å². The lowest BCUT2D eigenvalue weighted by atomic mass is 9.94. The van der Waals surface area contributed by atoms with Crippen LogP contribution in [-0.2, 0) is 14.3 Å². The van der Waals surface area contributed by atoms with Gasteiger partial charge in [0.2, 0.25) is 0 Å². The molecule has 3 saturated heterocycles. The van der Waals surface area contributed by atoms with Gasteiger partial charge >= 0.3 is 5.97 Å². The van der Waals surface area contributed by atoms with Gasteiger partial charge < -0.3 is 19.1 Å². The first kappa shape index (κ1) is 18.0. The lowest BCUT2D eigenvalue weighted by Crippen LogP contribution is -2.62. The van der Waals surface area contributed by atoms with Gasteiger partial charge in [-0.1, -0.05) is 43.7 Å². The zero-order valence-corrected chi connectivity index (χ0v) is 15.7. The van der Waals surface area contributed by atoms with Crippen molar-refractivity contribution in [1.82, 2.24) is 0 Å². The number of hydrogen-bond acceptors (Lipinski definition) is 4. The molecule has 3 heterocycles. The van der Waals surface area contributed by atoms with E-state index < -0.39 is 5.92 Å². The molecule has 0 saturated carbocycles. The van der Waals surface area contributed by atoms with Gasteiger partial charge in [-0.25, -0.2) is 0 Å². The fourth-order valence-corrected chi connectivity index (χ4v) is 5.23. The molecule has 0 amide bonds. The number of epoxide rings is 1. The largest absolute Gasteiger partial charge is 0.461 e. The van der Waals surface area contributed by atoms with Crippen LogP contribution in [0.25, 0.3) is 0 Å². The van der Waals surface area contributed by atoms with Gasteiger partial charge in [-0.15, -0.1) is 0 Å². The van der Waals surface area contributed by atoms with Gasteiger partial charge in [0.1, 0.15) is 36.3 Å². The average Bonchev–Trinajstić information content (AvgIpc) is 3.40. The first-order chi connectivity index (χ1) is 12.6. The number of unbranched alkanes of at least 4 members (excludes halogenated alkanes) is 1. The summed E-state index contributed by atoms with van der Waals surface area (Å²) in [7, 11) is 2.36. The molecule has 1 aromatic carbocycles. The lowest BCUT2D eigenvalue weighted by molar-refractivity contribution is -0.956. The number of piperidine rings is 1. The third kappa shape index (κ3) is 2.96. The number of nitrogens with zero attached hydrogens (tertiary/aromatic N) is 1. The Labute approximate surface area is 155 Å². The SMILES string of the molecule is CCCC[N+]1(C)C2CC(OC(=O)[C@H](CO)c3ccccc3)CC1[C@H]1OC21. The molecule has 7 atom stereocenters. The normalized spacial score (nSPS) is 38.5. The number of aliphatic hydroxyl groups is 1. The van der Waals surface area contributed by atoms with E-state index in [4.69, 9.17) is 9.47 Å². The molecule has 3 fully saturated rings. The molecule has 1 aromatic rings. The molecule has 0 aromatic heterocycles. The van der Waals surface area contributed by atoms with E-state index in [1.54, 1.807) is 0 Å². The maximum Gasteiger partial charge on any atom is 0.316 e. The number of carbonyl (C=O) groups is 1. The quantitative estimate of drug-likeness (QED) is 0.460. The second-order valence-electron chi connectivity index (χ2n) is 8.30. The zero-order chi connectivity index (χ0) is 18.3. The fraction of sp³-hybridized carbons (Fsp3) is 0.667. The van der Waals surface area contributed by atoms with E-state index in [-0.39, 0.29) is 18.7 Å². The van der Waals surface area contributed by atoms with E-state index in [0.29, 0.717) is 24.3 Å². The minimum atomic E-state index is -0.595. The number of quaternary nitrogens is 1. The number of rotatable bonds is 7. The molecule has 3 aliphatic heterocycles. The first-order valence-electron chi connectivity index (χ1n) is 9.95. The molecular formula is C21H30NO4+. The Bertz CT molecular complexity index is 631. The average molecular weight is 360 g/mol. The van der Waals surface area contributed by atoms with Gasteiger partial charge in [-0.05, 0) is 12.0 Å². The van der Waals surface area contributed by atoms with Gasteiger partial charge in [-0.3, -0.25) is 4.79 Å². The van der Waals surface area contributed by atoms with Gasteiger partial charge in [0.15, 0.2) is 0 Å².